The van der Waals surface area contributed by atoms with Crippen LogP contribution in [0.25, 0.3) is 0 Å². The largest absolute Gasteiger partial charge is 0.495 e. The molecule has 10 heteroatoms. The minimum Gasteiger partial charge on any atom is -0.495 e. The number of ether oxygens (including phenoxy) is 1. The van der Waals surface area contributed by atoms with Crippen molar-refractivity contribution in [2.75, 3.05) is 24.5 Å². The number of nitrogens with zero attached hydrogens (tertiary/aromatic N) is 2. The second kappa shape index (κ2) is 15.1. The summed E-state index contributed by atoms with van der Waals surface area (Å²) in [4.78, 5) is 29.0. The summed E-state index contributed by atoms with van der Waals surface area (Å²) >= 11 is 6.09. The van der Waals surface area contributed by atoms with Crippen LogP contribution in [0.3, 0.4) is 0 Å². The summed E-state index contributed by atoms with van der Waals surface area (Å²) in [5.74, 6) is -0.506. The molecular formula is C32H40ClN3O5S. The number of methoxy groups -OCH3 is 1. The minimum atomic E-state index is -4.21. The SMILES string of the molecule is CCCCNC(=O)[C@@H](CC)N(Cc1ccc(Cl)cc1)C(=O)CN(c1cc(C)ccc1OC)S(=O)(=O)c1ccc(C)cc1. The topological polar surface area (TPSA) is 96.0 Å². The van der Waals surface area contributed by atoms with Crippen molar-refractivity contribution in [2.24, 2.45) is 0 Å². The highest BCUT2D eigenvalue weighted by Gasteiger charge is 2.34. The van der Waals surface area contributed by atoms with Gasteiger partial charge in [0.15, 0.2) is 0 Å². The molecule has 0 unspecified atom stereocenters. The van der Waals surface area contributed by atoms with Gasteiger partial charge in [-0.25, -0.2) is 8.42 Å². The fourth-order valence-corrected chi connectivity index (χ4v) is 6.10. The number of carbonyl (C=O) groups is 2. The van der Waals surface area contributed by atoms with E-state index in [0.717, 1.165) is 33.8 Å². The highest BCUT2D eigenvalue weighted by Crippen LogP contribution is 2.34. The van der Waals surface area contributed by atoms with Gasteiger partial charge in [0.05, 0.1) is 17.7 Å². The van der Waals surface area contributed by atoms with Crippen molar-refractivity contribution < 1.29 is 22.7 Å². The van der Waals surface area contributed by atoms with Crippen LogP contribution in [0.4, 0.5) is 5.69 Å². The van der Waals surface area contributed by atoms with Crippen LogP contribution >= 0.6 is 11.6 Å². The quantitative estimate of drug-likeness (QED) is 0.229. The third-order valence-corrected chi connectivity index (χ3v) is 9.00. The second-order valence-corrected chi connectivity index (χ2v) is 12.5. The third-order valence-electron chi connectivity index (χ3n) is 6.97. The van der Waals surface area contributed by atoms with E-state index in [1.807, 2.05) is 27.7 Å². The number of halogens is 1. The van der Waals surface area contributed by atoms with Crippen molar-refractivity contribution in [1.29, 1.82) is 0 Å². The lowest BCUT2D eigenvalue weighted by Crippen LogP contribution is -2.52. The van der Waals surface area contributed by atoms with Gasteiger partial charge >= 0.3 is 0 Å². The smallest absolute Gasteiger partial charge is 0.264 e. The molecule has 3 aromatic carbocycles. The van der Waals surface area contributed by atoms with E-state index < -0.39 is 28.5 Å². The molecule has 0 spiro atoms. The maximum absolute atomic E-state index is 14.2. The fraction of sp³-hybridized carbons (Fsp3) is 0.375. The Morgan fingerprint density at radius 1 is 0.952 bits per heavy atom. The number of hydrogen-bond acceptors (Lipinski definition) is 5. The number of unbranched alkanes of at least 4 members (excludes halogenated alkanes) is 1. The third kappa shape index (κ3) is 8.26. The Labute approximate surface area is 254 Å². The fourth-order valence-electron chi connectivity index (χ4n) is 4.56. The van der Waals surface area contributed by atoms with Crippen LogP contribution in [0.1, 0.15) is 49.8 Å². The number of sulfonamides is 1. The lowest BCUT2D eigenvalue weighted by molar-refractivity contribution is -0.140. The molecule has 1 atom stereocenters. The summed E-state index contributed by atoms with van der Waals surface area (Å²) in [5.41, 5.74) is 2.69. The van der Waals surface area contributed by atoms with E-state index in [1.165, 1.54) is 24.1 Å². The number of hydrogen-bond donors (Lipinski definition) is 1. The monoisotopic (exact) mass is 613 g/mol. The van der Waals surface area contributed by atoms with Gasteiger partial charge in [-0.3, -0.25) is 13.9 Å². The Bertz CT molecular complexity index is 1460. The number of anilines is 1. The molecule has 3 rings (SSSR count). The maximum atomic E-state index is 14.2. The summed E-state index contributed by atoms with van der Waals surface area (Å²) in [6.45, 7) is 7.61. The summed E-state index contributed by atoms with van der Waals surface area (Å²) in [7, 11) is -2.76. The Morgan fingerprint density at radius 2 is 1.60 bits per heavy atom. The zero-order chi connectivity index (χ0) is 30.9. The first kappa shape index (κ1) is 32.9. The molecule has 0 aromatic heterocycles. The molecule has 226 valence electrons. The molecule has 0 aliphatic carbocycles. The molecule has 0 aliphatic heterocycles. The molecular weight excluding hydrogens is 574 g/mol. The number of carbonyl (C=O) groups excluding carboxylic acids is 2. The Balaban J connectivity index is 2.10. The van der Waals surface area contributed by atoms with Crippen LogP contribution in [0.5, 0.6) is 5.75 Å². The standard InChI is InChI=1S/C32H40ClN3O5S/c1-6-8-19-34-32(38)28(7-2)35(21-25-12-14-26(33)15-13-25)31(37)22-36(29-20-24(4)11-18-30(29)41-5)42(39,40)27-16-9-23(3)10-17-27/h9-18,20,28H,6-8,19,21-22H2,1-5H3,(H,34,38)/t28-/m1/s1. The van der Waals surface area contributed by atoms with E-state index in [0.29, 0.717) is 23.7 Å². The zero-order valence-corrected chi connectivity index (χ0v) is 26.5. The Morgan fingerprint density at radius 3 is 2.19 bits per heavy atom. The lowest BCUT2D eigenvalue weighted by atomic mass is 10.1. The molecule has 0 fully saturated rings. The van der Waals surface area contributed by atoms with Gasteiger partial charge in [0.25, 0.3) is 10.0 Å². The van der Waals surface area contributed by atoms with Gasteiger partial charge in [0.1, 0.15) is 18.3 Å². The molecule has 42 heavy (non-hydrogen) atoms. The van der Waals surface area contributed by atoms with Crippen LogP contribution in [0.2, 0.25) is 5.02 Å². The van der Waals surface area contributed by atoms with E-state index in [-0.39, 0.29) is 23.0 Å². The predicted molar refractivity (Wildman–Crippen MR) is 167 cm³/mol. The molecule has 0 saturated heterocycles. The molecule has 0 saturated carbocycles. The van der Waals surface area contributed by atoms with Gasteiger partial charge in [0, 0.05) is 18.1 Å². The molecule has 8 nitrogen and oxygen atoms in total. The summed E-state index contributed by atoms with van der Waals surface area (Å²) in [6.07, 6.45) is 2.06. The van der Waals surface area contributed by atoms with Crippen molar-refractivity contribution in [1.82, 2.24) is 10.2 Å². The molecule has 0 heterocycles. The normalized spacial score (nSPS) is 12.0. The minimum absolute atomic E-state index is 0.0399. The predicted octanol–water partition coefficient (Wildman–Crippen LogP) is 5.88. The van der Waals surface area contributed by atoms with Gasteiger partial charge in [-0.1, -0.05) is 67.8 Å². The summed E-state index contributed by atoms with van der Waals surface area (Å²) in [6, 6.07) is 17.8. The van der Waals surface area contributed by atoms with E-state index in [4.69, 9.17) is 16.3 Å². The van der Waals surface area contributed by atoms with Crippen LogP contribution < -0.4 is 14.4 Å². The molecule has 3 aromatic rings. The van der Waals surface area contributed by atoms with E-state index in [1.54, 1.807) is 54.6 Å². The van der Waals surface area contributed by atoms with Gasteiger partial charge < -0.3 is 15.0 Å². The zero-order valence-electron chi connectivity index (χ0n) is 24.9. The highest BCUT2D eigenvalue weighted by molar-refractivity contribution is 7.92. The first-order valence-electron chi connectivity index (χ1n) is 14.1. The number of benzene rings is 3. The average Bonchev–Trinajstić information content (AvgIpc) is 2.97. The lowest BCUT2D eigenvalue weighted by Gasteiger charge is -2.33. The van der Waals surface area contributed by atoms with Crippen LogP contribution in [-0.4, -0.2) is 51.4 Å². The van der Waals surface area contributed by atoms with Crippen molar-refractivity contribution in [3.05, 3.63) is 88.4 Å². The Kier molecular flexibility index (Phi) is 11.8. The van der Waals surface area contributed by atoms with Crippen molar-refractivity contribution in [2.45, 2.75) is 64.4 Å². The van der Waals surface area contributed by atoms with Gasteiger partial charge in [-0.05, 0) is 74.2 Å². The van der Waals surface area contributed by atoms with Crippen LogP contribution in [0.15, 0.2) is 71.6 Å². The van der Waals surface area contributed by atoms with E-state index in [2.05, 4.69) is 5.32 Å². The number of aryl methyl sites for hydroxylation is 2. The second-order valence-electron chi connectivity index (χ2n) is 10.2. The first-order valence-corrected chi connectivity index (χ1v) is 15.9. The number of nitrogens with one attached hydrogen (secondary N) is 1. The molecule has 0 radical (unpaired) electrons. The first-order chi connectivity index (χ1) is 20.0. The van der Waals surface area contributed by atoms with E-state index in [9.17, 15) is 18.0 Å². The summed E-state index contributed by atoms with van der Waals surface area (Å²) < 4.78 is 34.9. The van der Waals surface area contributed by atoms with Gasteiger partial charge in [0.2, 0.25) is 11.8 Å². The highest BCUT2D eigenvalue weighted by atomic mass is 35.5. The molecule has 0 bridgehead atoms. The number of rotatable bonds is 14. The van der Waals surface area contributed by atoms with E-state index >= 15 is 0 Å². The molecule has 0 aliphatic rings. The summed E-state index contributed by atoms with van der Waals surface area (Å²) in [5, 5.41) is 3.48. The molecule has 2 amide bonds. The Hall–Kier alpha value is -3.56. The van der Waals surface area contributed by atoms with Crippen LogP contribution in [-0.2, 0) is 26.2 Å². The average molecular weight is 614 g/mol. The van der Waals surface area contributed by atoms with Crippen molar-refractivity contribution in [3.8, 4) is 5.75 Å². The van der Waals surface area contributed by atoms with Gasteiger partial charge in [-0.15, -0.1) is 0 Å². The van der Waals surface area contributed by atoms with Crippen molar-refractivity contribution in [3.63, 3.8) is 0 Å². The number of amides is 2. The van der Waals surface area contributed by atoms with Gasteiger partial charge in [-0.2, -0.15) is 0 Å². The van der Waals surface area contributed by atoms with Crippen molar-refractivity contribution >= 4 is 39.1 Å². The van der Waals surface area contributed by atoms with Crippen LogP contribution in [0, 0.1) is 13.8 Å². The maximum Gasteiger partial charge on any atom is 0.264 e. The molecule has 1 N–H and O–H groups in total.